The lowest BCUT2D eigenvalue weighted by molar-refractivity contribution is 0.0890. The number of hydrogen-bond donors (Lipinski definition) is 2. The number of aryl methyl sites for hydroxylation is 1. The van der Waals surface area contributed by atoms with E-state index in [0.29, 0.717) is 16.8 Å². The minimum Gasteiger partial charge on any atom is -0.347 e. The predicted octanol–water partition coefficient (Wildman–Crippen LogP) is 5.19. The van der Waals surface area contributed by atoms with Crippen LogP contribution in [-0.4, -0.2) is 17.4 Å². The Morgan fingerprint density at radius 3 is 2.07 bits per heavy atom. The van der Waals surface area contributed by atoms with Crippen LogP contribution < -0.4 is 10.6 Å². The van der Waals surface area contributed by atoms with Gasteiger partial charge in [0.1, 0.15) is 0 Å². The van der Waals surface area contributed by atoms with Crippen LogP contribution in [0, 0.1) is 12.3 Å². The lowest BCUT2D eigenvalue weighted by atomic mass is 9.81. The maximum atomic E-state index is 12.7. The average Bonchev–Trinajstić information content (AvgIpc) is 2.54. The number of amides is 2. The molecule has 27 heavy (non-hydrogen) atoms. The number of nitrogens with one attached hydrogen (secondary N) is 2. The third-order valence-corrected chi connectivity index (χ3v) is 4.21. The lowest BCUT2D eigenvalue weighted by Gasteiger charge is -2.33. The quantitative estimate of drug-likeness (QED) is 0.765. The average molecular weight is 367 g/mol. The molecule has 0 aliphatic rings. The molecule has 2 aromatic rings. The standard InChI is InChI=1S/C23H30N2O2/c1-16-12-13-18(21(27)25-23(5,6)15-22(2,3)4)14-19(16)24-20(26)17-10-8-7-9-11-17/h7-14H,15H2,1-6H3,(H,24,26)(H,25,27). The zero-order chi connectivity index (χ0) is 20.2. The van der Waals surface area contributed by atoms with Crippen LogP contribution in [-0.2, 0) is 0 Å². The molecule has 0 radical (unpaired) electrons. The third kappa shape index (κ3) is 6.24. The normalized spacial score (nSPS) is 11.8. The summed E-state index contributed by atoms with van der Waals surface area (Å²) in [6.45, 7) is 12.4. The molecule has 0 saturated heterocycles. The minimum absolute atomic E-state index is 0.110. The summed E-state index contributed by atoms with van der Waals surface area (Å²) in [6, 6.07) is 14.4. The second kappa shape index (κ2) is 7.95. The van der Waals surface area contributed by atoms with Gasteiger partial charge >= 0.3 is 0 Å². The van der Waals surface area contributed by atoms with Gasteiger partial charge in [0.2, 0.25) is 0 Å². The van der Waals surface area contributed by atoms with Gasteiger partial charge in [0.05, 0.1) is 0 Å². The van der Waals surface area contributed by atoms with Gasteiger partial charge in [-0.2, -0.15) is 0 Å². The van der Waals surface area contributed by atoms with Crippen molar-refractivity contribution in [2.24, 2.45) is 5.41 Å². The molecule has 4 heteroatoms. The van der Waals surface area contributed by atoms with Crippen molar-refractivity contribution < 1.29 is 9.59 Å². The van der Waals surface area contributed by atoms with Crippen molar-refractivity contribution in [1.82, 2.24) is 5.32 Å². The molecule has 0 aromatic heterocycles. The SMILES string of the molecule is Cc1ccc(C(=O)NC(C)(C)CC(C)(C)C)cc1NC(=O)c1ccccc1. The zero-order valence-corrected chi connectivity index (χ0v) is 17.1. The molecule has 144 valence electrons. The molecule has 0 bridgehead atoms. The van der Waals surface area contributed by atoms with E-state index in [2.05, 4.69) is 31.4 Å². The van der Waals surface area contributed by atoms with Crippen LogP contribution in [0.3, 0.4) is 0 Å². The molecule has 2 aromatic carbocycles. The van der Waals surface area contributed by atoms with E-state index < -0.39 is 0 Å². The summed E-state index contributed by atoms with van der Waals surface area (Å²) < 4.78 is 0. The summed E-state index contributed by atoms with van der Waals surface area (Å²) in [4.78, 5) is 25.2. The Balaban J connectivity index is 2.16. The number of anilines is 1. The van der Waals surface area contributed by atoms with Crippen LogP contribution in [0.1, 0.15) is 67.3 Å². The van der Waals surface area contributed by atoms with E-state index in [1.807, 2.05) is 45.0 Å². The fourth-order valence-electron chi connectivity index (χ4n) is 3.43. The highest BCUT2D eigenvalue weighted by Crippen LogP contribution is 2.27. The van der Waals surface area contributed by atoms with Gasteiger partial charge in [0.15, 0.2) is 0 Å². The van der Waals surface area contributed by atoms with Gasteiger partial charge in [0, 0.05) is 22.4 Å². The Bertz CT molecular complexity index is 818. The van der Waals surface area contributed by atoms with Gasteiger partial charge in [-0.05, 0) is 62.4 Å². The number of rotatable bonds is 5. The first kappa shape index (κ1) is 20.7. The largest absolute Gasteiger partial charge is 0.347 e. The molecule has 0 fully saturated rings. The molecule has 2 rings (SSSR count). The lowest BCUT2D eigenvalue weighted by Crippen LogP contribution is -2.45. The topological polar surface area (TPSA) is 58.2 Å². The van der Waals surface area contributed by atoms with Crippen molar-refractivity contribution in [2.75, 3.05) is 5.32 Å². The van der Waals surface area contributed by atoms with E-state index in [4.69, 9.17) is 0 Å². The second-order valence-corrected chi connectivity index (χ2v) is 8.93. The van der Waals surface area contributed by atoms with E-state index in [1.165, 1.54) is 0 Å². The number of benzene rings is 2. The molecular formula is C23H30N2O2. The molecule has 0 heterocycles. The highest BCUT2D eigenvalue weighted by Gasteiger charge is 2.27. The fraction of sp³-hybridized carbons (Fsp3) is 0.391. The number of hydrogen-bond acceptors (Lipinski definition) is 2. The summed E-state index contributed by atoms with van der Waals surface area (Å²) in [5.74, 6) is -0.330. The minimum atomic E-state index is -0.326. The Labute approximate surface area is 162 Å². The summed E-state index contributed by atoms with van der Waals surface area (Å²) >= 11 is 0. The molecule has 4 nitrogen and oxygen atoms in total. The van der Waals surface area contributed by atoms with E-state index in [0.717, 1.165) is 12.0 Å². The zero-order valence-electron chi connectivity index (χ0n) is 17.1. The summed E-state index contributed by atoms with van der Waals surface area (Å²) in [5.41, 5.74) is 2.45. The van der Waals surface area contributed by atoms with Gasteiger partial charge in [-0.3, -0.25) is 9.59 Å². The van der Waals surface area contributed by atoms with Crippen LogP contribution >= 0.6 is 0 Å². The van der Waals surface area contributed by atoms with E-state index >= 15 is 0 Å². The van der Waals surface area contributed by atoms with Crippen LogP contribution in [0.2, 0.25) is 0 Å². The van der Waals surface area contributed by atoms with Crippen molar-refractivity contribution in [3.63, 3.8) is 0 Å². The second-order valence-electron chi connectivity index (χ2n) is 8.93. The monoisotopic (exact) mass is 366 g/mol. The van der Waals surface area contributed by atoms with Gasteiger partial charge in [-0.25, -0.2) is 0 Å². The van der Waals surface area contributed by atoms with Gasteiger partial charge < -0.3 is 10.6 Å². The highest BCUT2D eigenvalue weighted by molar-refractivity contribution is 6.05. The third-order valence-electron chi connectivity index (χ3n) is 4.21. The Kier molecular flexibility index (Phi) is 6.09. The Hall–Kier alpha value is -2.62. The molecule has 0 aliphatic carbocycles. The van der Waals surface area contributed by atoms with Gasteiger partial charge in [0.25, 0.3) is 11.8 Å². The maximum absolute atomic E-state index is 12.7. The van der Waals surface area contributed by atoms with E-state index in [9.17, 15) is 9.59 Å². The predicted molar refractivity (Wildman–Crippen MR) is 111 cm³/mol. The first-order chi connectivity index (χ1) is 12.5. The van der Waals surface area contributed by atoms with Crippen LogP contribution in [0.15, 0.2) is 48.5 Å². The molecular weight excluding hydrogens is 336 g/mol. The van der Waals surface area contributed by atoms with Crippen molar-refractivity contribution >= 4 is 17.5 Å². The first-order valence-corrected chi connectivity index (χ1v) is 9.26. The molecule has 0 aliphatic heterocycles. The highest BCUT2D eigenvalue weighted by atomic mass is 16.2. The van der Waals surface area contributed by atoms with E-state index in [-0.39, 0.29) is 22.8 Å². The summed E-state index contributed by atoms with van der Waals surface area (Å²) in [5, 5.41) is 6.01. The number of carbonyl (C=O) groups is 2. The van der Waals surface area contributed by atoms with Crippen molar-refractivity contribution in [3.05, 3.63) is 65.2 Å². The summed E-state index contributed by atoms with van der Waals surface area (Å²) in [7, 11) is 0. The smallest absolute Gasteiger partial charge is 0.255 e. The Morgan fingerprint density at radius 2 is 1.48 bits per heavy atom. The van der Waals surface area contributed by atoms with Gasteiger partial charge in [-0.15, -0.1) is 0 Å². The molecule has 0 saturated carbocycles. The van der Waals surface area contributed by atoms with Crippen molar-refractivity contribution in [1.29, 1.82) is 0 Å². The van der Waals surface area contributed by atoms with Crippen LogP contribution in [0.5, 0.6) is 0 Å². The molecule has 2 amide bonds. The molecule has 0 spiro atoms. The molecule has 2 N–H and O–H groups in total. The van der Waals surface area contributed by atoms with Crippen LogP contribution in [0.25, 0.3) is 0 Å². The fourth-order valence-corrected chi connectivity index (χ4v) is 3.43. The number of carbonyl (C=O) groups excluding carboxylic acids is 2. The first-order valence-electron chi connectivity index (χ1n) is 9.26. The molecule has 0 atom stereocenters. The Morgan fingerprint density at radius 1 is 0.852 bits per heavy atom. The van der Waals surface area contributed by atoms with Crippen molar-refractivity contribution in [2.45, 2.75) is 53.5 Å². The summed E-state index contributed by atoms with van der Waals surface area (Å²) in [6.07, 6.45) is 0.856. The van der Waals surface area contributed by atoms with Gasteiger partial charge in [-0.1, -0.05) is 45.0 Å². The van der Waals surface area contributed by atoms with Crippen molar-refractivity contribution in [3.8, 4) is 0 Å². The molecule has 0 unspecified atom stereocenters. The van der Waals surface area contributed by atoms with E-state index in [1.54, 1.807) is 24.3 Å². The van der Waals surface area contributed by atoms with Crippen LogP contribution in [0.4, 0.5) is 5.69 Å². The maximum Gasteiger partial charge on any atom is 0.255 e.